The second kappa shape index (κ2) is 6.01. The van der Waals surface area contributed by atoms with Crippen LogP contribution in [0, 0.1) is 19.3 Å². The van der Waals surface area contributed by atoms with E-state index in [4.69, 9.17) is 0 Å². The first-order chi connectivity index (χ1) is 11.5. The van der Waals surface area contributed by atoms with Crippen LogP contribution < -0.4 is 10.9 Å². The highest BCUT2D eigenvalue weighted by atomic mass is 16.1. The van der Waals surface area contributed by atoms with Gasteiger partial charge in [0.25, 0.3) is 5.56 Å². The Labute approximate surface area is 143 Å². The molecule has 0 radical (unpaired) electrons. The monoisotopic (exact) mass is 325 g/mol. The van der Waals surface area contributed by atoms with E-state index >= 15 is 0 Å². The highest BCUT2D eigenvalue weighted by molar-refractivity contribution is 5.82. The molecule has 24 heavy (non-hydrogen) atoms. The minimum Gasteiger partial charge on any atom is -0.321 e. The van der Waals surface area contributed by atoms with Crippen LogP contribution in [0.1, 0.15) is 36.0 Å². The molecule has 4 heteroatoms. The number of aromatic nitrogens is 1. The summed E-state index contributed by atoms with van der Waals surface area (Å²) in [6, 6.07) is 6.38. The van der Waals surface area contributed by atoms with Crippen LogP contribution >= 0.6 is 0 Å². The number of hydrogen-bond acceptors (Lipinski definition) is 3. The molecule has 1 aromatic carbocycles. The van der Waals surface area contributed by atoms with Gasteiger partial charge in [0, 0.05) is 25.2 Å². The van der Waals surface area contributed by atoms with E-state index < -0.39 is 0 Å². The molecule has 0 bridgehead atoms. The summed E-state index contributed by atoms with van der Waals surface area (Å²) in [5.41, 5.74) is 4.76. The van der Waals surface area contributed by atoms with E-state index in [2.05, 4.69) is 47.2 Å². The number of piperidine rings is 1. The lowest BCUT2D eigenvalue weighted by molar-refractivity contribution is 0.199. The van der Waals surface area contributed by atoms with Crippen LogP contribution in [0.15, 0.2) is 23.0 Å². The molecule has 0 saturated carbocycles. The number of hydrogen-bond donors (Lipinski definition) is 2. The molecular weight excluding hydrogens is 298 g/mol. The van der Waals surface area contributed by atoms with Gasteiger partial charge < -0.3 is 10.3 Å². The Balaban J connectivity index is 1.59. The van der Waals surface area contributed by atoms with E-state index in [1.807, 2.05) is 0 Å². The van der Waals surface area contributed by atoms with Crippen molar-refractivity contribution in [1.29, 1.82) is 0 Å². The Morgan fingerprint density at radius 3 is 2.88 bits per heavy atom. The lowest BCUT2D eigenvalue weighted by Gasteiger charge is -2.34. The molecule has 2 saturated heterocycles. The maximum Gasteiger partial charge on any atom is 0.252 e. The van der Waals surface area contributed by atoms with Crippen LogP contribution in [-0.2, 0) is 6.54 Å². The quantitative estimate of drug-likeness (QED) is 0.892. The molecule has 128 valence electrons. The summed E-state index contributed by atoms with van der Waals surface area (Å²) in [4.78, 5) is 18.1. The zero-order valence-electron chi connectivity index (χ0n) is 14.7. The third-order valence-corrected chi connectivity index (χ3v) is 5.84. The number of likely N-dealkylation sites (tertiary alicyclic amines) is 1. The fourth-order valence-electron chi connectivity index (χ4n) is 4.63. The van der Waals surface area contributed by atoms with Crippen molar-refractivity contribution in [2.24, 2.45) is 5.41 Å². The van der Waals surface area contributed by atoms with Crippen LogP contribution in [-0.4, -0.2) is 36.1 Å². The Morgan fingerprint density at radius 2 is 2.08 bits per heavy atom. The predicted molar refractivity (Wildman–Crippen MR) is 98.5 cm³/mol. The molecule has 1 spiro atoms. The molecule has 2 aromatic rings. The van der Waals surface area contributed by atoms with Crippen molar-refractivity contribution in [2.45, 2.75) is 39.7 Å². The Hall–Kier alpha value is -1.65. The highest BCUT2D eigenvalue weighted by Gasteiger charge is 2.38. The van der Waals surface area contributed by atoms with E-state index in [0.717, 1.165) is 54.8 Å². The first-order valence-corrected chi connectivity index (χ1v) is 9.11. The molecule has 2 fully saturated rings. The van der Waals surface area contributed by atoms with E-state index in [0.29, 0.717) is 5.41 Å². The second-order valence-corrected chi connectivity index (χ2v) is 7.91. The van der Waals surface area contributed by atoms with Crippen molar-refractivity contribution < 1.29 is 0 Å². The van der Waals surface area contributed by atoms with Gasteiger partial charge in [-0.2, -0.15) is 0 Å². The van der Waals surface area contributed by atoms with Crippen molar-refractivity contribution in [1.82, 2.24) is 15.2 Å². The predicted octanol–water partition coefficient (Wildman–Crippen LogP) is 2.72. The van der Waals surface area contributed by atoms with Gasteiger partial charge in [-0.3, -0.25) is 9.69 Å². The summed E-state index contributed by atoms with van der Waals surface area (Å²) < 4.78 is 0. The summed E-state index contributed by atoms with van der Waals surface area (Å²) in [5.74, 6) is 0. The van der Waals surface area contributed by atoms with Crippen LogP contribution in [0.4, 0.5) is 0 Å². The summed E-state index contributed by atoms with van der Waals surface area (Å²) >= 11 is 0. The number of benzene rings is 1. The highest BCUT2D eigenvalue weighted by Crippen LogP contribution is 2.36. The number of aromatic amines is 1. The fourth-order valence-corrected chi connectivity index (χ4v) is 4.63. The van der Waals surface area contributed by atoms with Gasteiger partial charge in [0.2, 0.25) is 0 Å². The summed E-state index contributed by atoms with van der Waals surface area (Å²) in [5, 5.41) is 4.70. The topological polar surface area (TPSA) is 48.1 Å². The second-order valence-electron chi connectivity index (χ2n) is 7.91. The maximum absolute atomic E-state index is 12.5. The molecule has 3 heterocycles. The molecule has 1 atom stereocenters. The van der Waals surface area contributed by atoms with Gasteiger partial charge in [-0.15, -0.1) is 0 Å². The largest absolute Gasteiger partial charge is 0.321 e. The number of H-pyrrole nitrogens is 1. The first kappa shape index (κ1) is 15.9. The van der Waals surface area contributed by atoms with E-state index in [1.165, 1.54) is 24.8 Å². The molecule has 4 rings (SSSR count). The normalized spacial score (nSPS) is 24.9. The van der Waals surface area contributed by atoms with E-state index in [9.17, 15) is 4.79 Å². The molecule has 0 aliphatic carbocycles. The van der Waals surface area contributed by atoms with Crippen molar-refractivity contribution in [3.63, 3.8) is 0 Å². The Bertz CT molecular complexity index is 817. The van der Waals surface area contributed by atoms with Crippen LogP contribution in [0.25, 0.3) is 10.9 Å². The minimum atomic E-state index is 0.0668. The number of aryl methyl sites for hydroxylation is 2. The summed E-state index contributed by atoms with van der Waals surface area (Å²) in [7, 11) is 0. The van der Waals surface area contributed by atoms with Crippen molar-refractivity contribution in [3.8, 4) is 0 Å². The van der Waals surface area contributed by atoms with E-state index in [-0.39, 0.29) is 5.56 Å². The van der Waals surface area contributed by atoms with Gasteiger partial charge in [-0.1, -0.05) is 11.6 Å². The van der Waals surface area contributed by atoms with Crippen LogP contribution in [0.5, 0.6) is 0 Å². The SMILES string of the molecule is Cc1cc(C)c2[nH]c(=O)c(CN3CCC4(CCCNC4)C3)cc2c1. The first-order valence-electron chi connectivity index (χ1n) is 9.11. The number of fused-ring (bicyclic) bond motifs is 1. The number of rotatable bonds is 2. The Morgan fingerprint density at radius 1 is 1.21 bits per heavy atom. The number of nitrogens with one attached hydrogen (secondary N) is 2. The van der Waals surface area contributed by atoms with Gasteiger partial charge in [-0.25, -0.2) is 0 Å². The average molecular weight is 325 g/mol. The fraction of sp³-hybridized carbons (Fsp3) is 0.550. The molecule has 2 aliphatic rings. The molecule has 1 unspecified atom stereocenters. The molecule has 1 aromatic heterocycles. The lowest BCUT2D eigenvalue weighted by atomic mass is 9.80. The lowest BCUT2D eigenvalue weighted by Crippen LogP contribution is -2.41. The zero-order valence-corrected chi connectivity index (χ0v) is 14.7. The maximum atomic E-state index is 12.5. The average Bonchev–Trinajstić information content (AvgIpc) is 2.92. The van der Waals surface area contributed by atoms with Crippen LogP contribution in [0.3, 0.4) is 0 Å². The third kappa shape index (κ3) is 2.89. The van der Waals surface area contributed by atoms with Gasteiger partial charge in [0.05, 0.1) is 5.52 Å². The summed E-state index contributed by atoms with van der Waals surface area (Å²) in [6.45, 7) is 9.44. The third-order valence-electron chi connectivity index (χ3n) is 5.84. The van der Waals surface area contributed by atoms with Gasteiger partial charge in [-0.05, 0) is 74.7 Å². The number of pyridine rings is 1. The van der Waals surface area contributed by atoms with Gasteiger partial charge in [0.1, 0.15) is 0 Å². The molecule has 4 nitrogen and oxygen atoms in total. The van der Waals surface area contributed by atoms with Crippen molar-refractivity contribution in [2.75, 3.05) is 26.2 Å². The molecule has 2 aliphatic heterocycles. The van der Waals surface area contributed by atoms with Gasteiger partial charge in [0.15, 0.2) is 0 Å². The molecule has 0 amide bonds. The smallest absolute Gasteiger partial charge is 0.252 e. The molecular formula is C20H27N3O. The Kier molecular flexibility index (Phi) is 3.97. The minimum absolute atomic E-state index is 0.0668. The van der Waals surface area contributed by atoms with Gasteiger partial charge >= 0.3 is 0 Å². The molecule has 2 N–H and O–H groups in total. The zero-order chi connectivity index (χ0) is 16.7. The van der Waals surface area contributed by atoms with Crippen molar-refractivity contribution in [3.05, 3.63) is 45.2 Å². The van der Waals surface area contributed by atoms with Crippen LogP contribution in [0.2, 0.25) is 0 Å². The van der Waals surface area contributed by atoms with E-state index in [1.54, 1.807) is 0 Å². The van der Waals surface area contributed by atoms with Crippen molar-refractivity contribution >= 4 is 10.9 Å². The standard InChI is InChI=1S/C20H27N3O/c1-14-8-15(2)18-16(9-14)10-17(19(24)22-18)11-23-7-5-20(13-23)4-3-6-21-12-20/h8-10,21H,3-7,11-13H2,1-2H3,(H,22,24). The summed E-state index contributed by atoms with van der Waals surface area (Å²) in [6.07, 6.45) is 3.86. The number of nitrogens with zero attached hydrogens (tertiary/aromatic N) is 1.